The van der Waals surface area contributed by atoms with E-state index in [1.807, 2.05) is 18.2 Å². The van der Waals surface area contributed by atoms with E-state index in [9.17, 15) is 8.42 Å². The molecule has 1 aromatic heterocycles. The van der Waals surface area contributed by atoms with Crippen molar-refractivity contribution in [2.24, 2.45) is 0 Å². The Hall–Kier alpha value is -0.940. The Morgan fingerprint density at radius 3 is 2.72 bits per heavy atom. The lowest BCUT2D eigenvalue weighted by molar-refractivity contribution is 0.574. The molecule has 18 heavy (non-hydrogen) atoms. The fourth-order valence-corrected chi connectivity index (χ4v) is 4.16. The summed E-state index contributed by atoms with van der Waals surface area (Å²) >= 11 is 0. The molecule has 0 spiro atoms. The van der Waals surface area contributed by atoms with Gasteiger partial charge in [0.15, 0.2) is 9.84 Å². The molecule has 100 valence electrons. The van der Waals surface area contributed by atoms with Gasteiger partial charge in [-0.1, -0.05) is 18.9 Å². The van der Waals surface area contributed by atoms with Gasteiger partial charge in [0, 0.05) is 19.3 Å². The highest BCUT2D eigenvalue weighted by Gasteiger charge is 2.27. The molecule has 0 aliphatic heterocycles. The summed E-state index contributed by atoms with van der Waals surface area (Å²) in [5, 5.41) is 3.05. The minimum atomic E-state index is -2.90. The smallest absolute Gasteiger partial charge is 0.154 e. The number of hydrogen-bond acceptors (Lipinski definition) is 4. The van der Waals surface area contributed by atoms with Gasteiger partial charge < -0.3 is 5.32 Å². The maximum atomic E-state index is 12.0. The van der Waals surface area contributed by atoms with Gasteiger partial charge in [-0.15, -0.1) is 0 Å². The molecule has 0 unspecified atom stereocenters. The van der Waals surface area contributed by atoms with Crippen LogP contribution in [0.1, 0.15) is 31.4 Å². The van der Waals surface area contributed by atoms with E-state index in [-0.39, 0.29) is 11.0 Å². The van der Waals surface area contributed by atoms with Crippen molar-refractivity contribution >= 4 is 9.84 Å². The summed E-state index contributed by atoms with van der Waals surface area (Å²) in [6.07, 6.45) is 5.56. The molecule has 0 radical (unpaired) electrons. The molecule has 4 nitrogen and oxygen atoms in total. The van der Waals surface area contributed by atoms with Crippen LogP contribution in [0.2, 0.25) is 0 Å². The van der Waals surface area contributed by atoms with Crippen molar-refractivity contribution in [3.05, 3.63) is 30.1 Å². The van der Waals surface area contributed by atoms with Gasteiger partial charge in [0.2, 0.25) is 0 Å². The van der Waals surface area contributed by atoms with Gasteiger partial charge in [0.05, 0.1) is 16.7 Å². The van der Waals surface area contributed by atoms with Crippen LogP contribution >= 0.6 is 0 Å². The average Bonchev–Trinajstić information content (AvgIpc) is 2.91. The van der Waals surface area contributed by atoms with Crippen molar-refractivity contribution in [2.45, 2.75) is 37.5 Å². The molecular formula is C13H20N2O2S. The van der Waals surface area contributed by atoms with E-state index >= 15 is 0 Å². The molecule has 1 heterocycles. The van der Waals surface area contributed by atoms with E-state index < -0.39 is 9.84 Å². The summed E-state index contributed by atoms with van der Waals surface area (Å²) in [5.74, 6) is 0.241. The first-order chi connectivity index (χ1) is 8.68. The molecule has 1 aromatic rings. The zero-order valence-electron chi connectivity index (χ0n) is 10.5. The van der Waals surface area contributed by atoms with Crippen molar-refractivity contribution in [1.29, 1.82) is 0 Å². The van der Waals surface area contributed by atoms with Gasteiger partial charge in [-0.05, 0) is 25.0 Å². The van der Waals surface area contributed by atoms with Gasteiger partial charge in [0.1, 0.15) is 0 Å². The molecule has 0 aromatic carbocycles. The first-order valence-electron chi connectivity index (χ1n) is 6.51. The monoisotopic (exact) mass is 268 g/mol. The maximum Gasteiger partial charge on any atom is 0.154 e. The van der Waals surface area contributed by atoms with E-state index in [0.29, 0.717) is 13.1 Å². The highest BCUT2D eigenvalue weighted by Crippen LogP contribution is 2.24. The fraction of sp³-hybridized carbons (Fsp3) is 0.615. The van der Waals surface area contributed by atoms with Gasteiger partial charge in [-0.25, -0.2) is 8.42 Å². The van der Waals surface area contributed by atoms with Crippen molar-refractivity contribution < 1.29 is 8.42 Å². The van der Waals surface area contributed by atoms with Crippen LogP contribution in [0.15, 0.2) is 24.4 Å². The highest BCUT2D eigenvalue weighted by molar-refractivity contribution is 7.92. The molecule has 1 aliphatic rings. The SMILES string of the molecule is O=S(=O)(CCNCc1ccccn1)C1CCCC1. The first-order valence-corrected chi connectivity index (χ1v) is 8.22. The van der Waals surface area contributed by atoms with Crippen LogP contribution < -0.4 is 5.32 Å². The van der Waals surface area contributed by atoms with E-state index in [1.54, 1.807) is 6.20 Å². The van der Waals surface area contributed by atoms with E-state index in [4.69, 9.17) is 0 Å². The number of rotatable bonds is 6. The summed E-state index contributed by atoms with van der Waals surface area (Å²) in [7, 11) is -2.90. The summed E-state index contributed by atoms with van der Waals surface area (Å²) in [6, 6.07) is 5.73. The Balaban J connectivity index is 1.72. The minimum absolute atomic E-state index is 0.0887. The fourth-order valence-electron chi connectivity index (χ4n) is 2.35. The Labute approximate surface area is 109 Å². The van der Waals surface area contributed by atoms with Gasteiger partial charge in [-0.3, -0.25) is 4.98 Å². The predicted octanol–water partition coefficient (Wildman–Crippen LogP) is 1.53. The summed E-state index contributed by atoms with van der Waals surface area (Å²) in [5.41, 5.74) is 0.941. The number of sulfone groups is 1. The van der Waals surface area contributed by atoms with Crippen molar-refractivity contribution in [2.75, 3.05) is 12.3 Å². The Kier molecular flexibility index (Phi) is 4.72. The van der Waals surface area contributed by atoms with Crippen molar-refractivity contribution in [3.63, 3.8) is 0 Å². The maximum absolute atomic E-state index is 12.0. The largest absolute Gasteiger partial charge is 0.310 e. The Bertz CT molecular complexity index is 453. The zero-order valence-corrected chi connectivity index (χ0v) is 11.3. The van der Waals surface area contributed by atoms with Crippen LogP contribution in [0.25, 0.3) is 0 Å². The van der Waals surface area contributed by atoms with Crippen LogP contribution in [-0.4, -0.2) is 30.9 Å². The van der Waals surface area contributed by atoms with Crippen molar-refractivity contribution in [3.8, 4) is 0 Å². The number of aromatic nitrogens is 1. The second-order valence-corrected chi connectivity index (χ2v) is 7.17. The molecule has 1 N–H and O–H groups in total. The topological polar surface area (TPSA) is 59.1 Å². The molecular weight excluding hydrogens is 248 g/mol. The molecule has 1 saturated carbocycles. The average molecular weight is 268 g/mol. The quantitative estimate of drug-likeness (QED) is 0.795. The van der Waals surface area contributed by atoms with Gasteiger partial charge in [-0.2, -0.15) is 0 Å². The first kappa shape index (κ1) is 13.5. The number of hydrogen-bond donors (Lipinski definition) is 1. The van der Waals surface area contributed by atoms with Crippen LogP contribution in [-0.2, 0) is 16.4 Å². The molecule has 2 rings (SSSR count). The molecule has 1 fully saturated rings. The normalized spacial score (nSPS) is 17.1. The Morgan fingerprint density at radius 1 is 1.28 bits per heavy atom. The van der Waals surface area contributed by atoms with Gasteiger partial charge >= 0.3 is 0 Å². The highest BCUT2D eigenvalue weighted by atomic mass is 32.2. The third-order valence-electron chi connectivity index (χ3n) is 3.41. The van der Waals surface area contributed by atoms with Gasteiger partial charge in [0.25, 0.3) is 0 Å². The third-order valence-corrected chi connectivity index (χ3v) is 5.67. The van der Waals surface area contributed by atoms with E-state index in [0.717, 1.165) is 31.4 Å². The molecule has 0 bridgehead atoms. The molecule has 0 amide bonds. The minimum Gasteiger partial charge on any atom is -0.310 e. The third kappa shape index (κ3) is 3.78. The second kappa shape index (κ2) is 6.29. The zero-order chi connectivity index (χ0) is 12.8. The standard InChI is InChI=1S/C13H20N2O2S/c16-18(17,13-6-1-2-7-13)10-9-14-11-12-5-3-4-8-15-12/h3-5,8,13-14H,1-2,6-7,9-11H2. The summed E-state index contributed by atoms with van der Waals surface area (Å²) in [4.78, 5) is 4.18. The number of pyridine rings is 1. The van der Waals surface area contributed by atoms with Crippen LogP contribution in [0.5, 0.6) is 0 Å². The number of nitrogens with one attached hydrogen (secondary N) is 1. The van der Waals surface area contributed by atoms with Crippen molar-refractivity contribution in [1.82, 2.24) is 10.3 Å². The summed E-state index contributed by atoms with van der Waals surface area (Å²) in [6.45, 7) is 1.14. The lowest BCUT2D eigenvalue weighted by atomic mass is 10.3. The van der Waals surface area contributed by atoms with Crippen LogP contribution in [0.4, 0.5) is 0 Å². The summed E-state index contributed by atoms with van der Waals surface area (Å²) < 4.78 is 24.0. The Morgan fingerprint density at radius 2 is 2.06 bits per heavy atom. The molecule has 5 heteroatoms. The van der Waals surface area contributed by atoms with Crippen LogP contribution in [0.3, 0.4) is 0 Å². The van der Waals surface area contributed by atoms with Crippen LogP contribution in [0, 0.1) is 0 Å². The van der Waals surface area contributed by atoms with E-state index in [2.05, 4.69) is 10.3 Å². The molecule has 0 saturated heterocycles. The second-order valence-electron chi connectivity index (χ2n) is 4.77. The molecule has 0 atom stereocenters. The predicted molar refractivity (Wildman–Crippen MR) is 72.0 cm³/mol. The van der Waals surface area contributed by atoms with E-state index in [1.165, 1.54) is 0 Å². The molecule has 1 aliphatic carbocycles. The lowest BCUT2D eigenvalue weighted by Crippen LogP contribution is -2.28. The lowest BCUT2D eigenvalue weighted by Gasteiger charge is -2.11. The number of nitrogens with zero attached hydrogens (tertiary/aromatic N) is 1.